The number of aryl methyl sites for hydroxylation is 1. The van der Waals surface area contributed by atoms with E-state index in [1.165, 1.54) is 0 Å². The summed E-state index contributed by atoms with van der Waals surface area (Å²) in [7, 11) is 1.98. The summed E-state index contributed by atoms with van der Waals surface area (Å²) in [4.78, 5) is 8.99. The third-order valence-electron chi connectivity index (χ3n) is 2.71. The Balaban J connectivity index is 2.28. The second kappa shape index (κ2) is 3.96. The summed E-state index contributed by atoms with van der Waals surface area (Å²) in [6.45, 7) is 0. The molecule has 3 aromatic rings. The van der Waals surface area contributed by atoms with E-state index < -0.39 is 0 Å². The van der Waals surface area contributed by atoms with E-state index in [1.54, 1.807) is 6.20 Å². The number of hydrogen-bond donors (Lipinski definition) is 0. The summed E-state index contributed by atoms with van der Waals surface area (Å²) < 4.78 is 2.96. The zero-order chi connectivity index (χ0) is 11.8. The van der Waals surface area contributed by atoms with Crippen molar-refractivity contribution < 1.29 is 0 Å². The Hall–Kier alpha value is -1.68. The van der Waals surface area contributed by atoms with Gasteiger partial charge in [0.15, 0.2) is 5.65 Å². The van der Waals surface area contributed by atoms with Crippen LogP contribution >= 0.6 is 15.9 Å². The number of halogens is 1. The minimum atomic E-state index is 0.895. The minimum Gasteiger partial charge on any atom is -0.312 e. The SMILES string of the molecule is Cn1c(-c2ccccc2)nc2cc(Br)cnc21. The summed E-state index contributed by atoms with van der Waals surface area (Å²) in [6, 6.07) is 12.1. The van der Waals surface area contributed by atoms with Crippen LogP contribution in [0.3, 0.4) is 0 Å². The van der Waals surface area contributed by atoms with Crippen molar-refractivity contribution in [2.45, 2.75) is 0 Å². The van der Waals surface area contributed by atoms with Crippen molar-refractivity contribution >= 4 is 27.1 Å². The molecule has 0 bridgehead atoms. The predicted molar refractivity (Wildman–Crippen MR) is 71.6 cm³/mol. The van der Waals surface area contributed by atoms with Gasteiger partial charge in [-0.25, -0.2) is 9.97 Å². The van der Waals surface area contributed by atoms with Crippen molar-refractivity contribution in [3.05, 3.63) is 47.1 Å². The Morgan fingerprint density at radius 1 is 1.18 bits per heavy atom. The maximum absolute atomic E-state index is 4.61. The molecule has 0 atom stereocenters. The lowest BCUT2D eigenvalue weighted by Gasteiger charge is -2.00. The number of aromatic nitrogens is 3. The zero-order valence-corrected chi connectivity index (χ0v) is 10.8. The molecule has 0 N–H and O–H groups in total. The Morgan fingerprint density at radius 3 is 2.71 bits per heavy atom. The number of pyridine rings is 1. The molecule has 0 spiro atoms. The summed E-state index contributed by atoms with van der Waals surface area (Å²) in [5, 5.41) is 0. The molecule has 0 aliphatic heterocycles. The van der Waals surface area contributed by atoms with Crippen LogP contribution in [0.15, 0.2) is 47.1 Å². The first-order chi connectivity index (χ1) is 8.25. The van der Waals surface area contributed by atoms with Crippen LogP contribution in [0, 0.1) is 0 Å². The maximum Gasteiger partial charge on any atom is 0.160 e. The molecule has 0 aliphatic rings. The minimum absolute atomic E-state index is 0.895. The Bertz CT molecular complexity index is 674. The second-order valence-electron chi connectivity index (χ2n) is 3.86. The van der Waals surface area contributed by atoms with Crippen molar-refractivity contribution in [2.75, 3.05) is 0 Å². The molecule has 0 radical (unpaired) electrons. The van der Waals surface area contributed by atoms with E-state index in [0.717, 1.165) is 27.0 Å². The van der Waals surface area contributed by atoms with Gasteiger partial charge < -0.3 is 4.57 Å². The van der Waals surface area contributed by atoms with Gasteiger partial charge in [-0.05, 0) is 22.0 Å². The summed E-state index contributed by atoms with van der Waals surface area (Å²) >= 11 is 3.41. The lowest BCUT2D eigenvalue weighted by atomic mass is 10.2. The molecule has 0 unspecified atom stereocenters. The van der Waals surface area contributed by atoms with Crippen LogP contribution in [0.1, 0.15) is 0 Å². The van der Waals surface area contributed by atoms with E-state index in [0.29, 0.717) is 0 Å². The van der Waals surface area contributed by atoms with E-state index >= 15 is 0 Å². The highest BCUT2D eigenvalue weighted by Gasteiger charge is 2.10. The average molecular weight is 288 g/mol. The molecule has 0 amide bonds. The molecule has 1 aromatic carbocycles. The van der Waals surface area contributed by atoms with E-state index in [-0.39, 0.29) is 0 Å². The molecule has 2 heterocycles. The maximum atomic E-state index is 4.61. The lowest BCUT2D eigenvalue weighted by Crippen LogP contribution is -1.93. The number of hydrogen-bond acceptors (Lipinski definition) is 2. The van der Waals surface area contributed by atoms with Gasteiger partial charge in [-0.2, -0.15) is 0 Å². The molecular weight excluding hydrogens is 278 g/mol. The fourth-order valence-corrected chi connectivity index (χ4v) is 2.22. The summed E-state index contributed by atoms with van der Waals surface area (Å²) in [5.74, 6) is 0.936. The second-order valence-corrected chi connectivity index (χ2v) is 4.77. The van der Waals surface area contributed by atoms with Gasteiger partial charge in [0, 0.05) is 23.3 Å². The molecule has 3 nitrogen and oxygen atoms in total. The third-order valence-corrected chi connectivity index (χ3v) is 3.14. The first kappa shape index (κ1) is 10.5. The highest BCUT2D eigenvalue weighted by Crippen LogP contribution is 2.23. The molecule has 0 saturated carbocycles. The van der Waals surface area contributed by atoms with Crippen LogP contribution in [0.2, 0.25) is 0 Å². The fourth-order valence-electron chi connectivity index (χ4n) is 1.90. The molecule has 0 fully saturated rings. The molecule has 17 heavy (non-hydrogen) atoms. The largest absolute Gasteiger partial charge is 0.312 e. The van der Waals surface area contributed by atoms with Gasteiger partial charge >= 0.3 is 0 Å². The highest BCUT2D eigenvalue weighted by atomic mass is 79.9. The smallest absolute Gasteiger partial charge is 0.160 e. The van der Waals surface area contributed by atoms with Crippen LogP contribution in [0.4, 0.5) is 0 Å². The summed E-state index contributed by atoms with van der Waals surface area (Å²) in [5.41, 5.74) is 2.90. The molecular formula is C13H10BrN3. The predicted octanol–water partition coefficient (Wildman–Crippen LogP) is 3.40. The van der Waals surface area contributed by atoms with Gasteiger partial charge in [-0.15, -0.1) is 0 Å². The van der Waals surface area contributed by atoms with E-state index in [9.17, 15) is 0 Å². The lowest BCUT2D eigenvalue weighted by molar-refractivity contribution is 0.942. The van der Waals surface area contributed by atoms with E-state index in [1.807, 2.05) is 35.9 Å². The quantitative estimate of drug-likeness (QED) is 0.687. The standard InChI is InChI=1S/C13H10BrN3/c1-17-12(9-5-3-2-4-6-9)16-11-7-10(14)8-15-13(11)17/h2-8H,1H3. The Morgan fingerprint density at radius 2 is 1.94 bits per heavy atom. The molecule has 2 aromatic heterocycles. The topological polar surface area (TPSA) is 30.7 Å². The molecule has 0 saturated heterocycles. The van der Waals surface area contributed by atoms with Crippen LogP contribution in [-0.2, 0) is 7.05 Å². The normalized spacial score (nSPS) is 10.9. The van der Waals surface area contributed by atoms with E-state index in [4.69, 9.17) is 0 Å². The van der Waals surface area contributed by atoms with Gasteiger partial charge in [0.2, 0.25) is 0 Å². The van der Waals surface area contributed by atoms with Crippen molar-refractivity contribution in [2.24, 2.45) is 7.05 Å². The molecule has 4 heteroatoms. The van der Waals surface area contributed by atoms with Gasteiger partial charge in [-0.1, -0.05) is 30.3 Å². The molecule has 84 valence electrons. The van der Waals surface area contributed by atoms with Crippen LogP contribution in [0.5, 0.6) is 0 Å². The molecule has 3 rings (SSSR count). The van der Waals surface area contributed by atoms with Gasteiger partial charge in [0.25, 0.3) is 0 Å². The molecule has 0 aliphatic carbocycles. The highest BCUT2D eigenvalue weighted by molar-refractivity contribution is 9.10. The fraction of sp³-hybridized carbons (Fsp3) is 0.0769. The van der Waals surface area contributed by atoms with Crippen molar-refractivity contribution in [3.63, 3.8) is 0 Å². The van der Waals surface area contributed by atoms with Gasteiger partial charge in [0.1, 0.15) is 11.3 Å². The number of benzene rings is 1. The van der Waals surface area contributed by atoms with Gasteiger partial charge in [-0.3, -0.25) is 0 Å². The van der Waals surface area contributed by atoms with Crippen LogP contribution in [-0.4, -0.2) is 14.5 Å². The van der Waals surface area contributed by atoms with Crippen molar-refractivity contribution in [3.8, 4) is 11.4 Å². The number of nitrogens with zero attached hydrogens (tertiary/aromatic N) is 3. The van der Waals surface area contributed by atoms with Crippen molar-refractivity contribution in [1.29, 1.82) is 0 Å². The third kappa shape index (κ3) is 1.74. The first-order valence-corrected chi connectivity index (χ1v) is 6.08. The van der Waals surface area contributed by atoms with Crippen LogP contribution in [0.25, 0.3) is 22.6 Å². The van der Waals surface area contributed by atoms with E-state index in [2.05, 4.69) is 38.0 Å². The number of fused-ring (bicyclic) bond motifs is 1. The number of rotatable bonds is 1. The van der Waals surface area contributed by atoms with Crippen molar-refractivity contribution in [1.82, 2.24) is 14.5 Å². The summed E-state index contributed by atoms with van der Waals surface area (Å²) in [6.07, 6.45) is 1.79. The first-order valence-electron chi connectivity index (χ1n) is 5.29. The number of imidazole rings is 1. The van der Waals surface area contributed by atoms with Gasteiger partial charge in [0.05, 0.1) is 0 Å². The zero-order valence-electron chi connectivity index (χ0n) is 9.26. The Kier molecular flexibility index (Phi) is 2.44. The monoisotopic (exact) mass is 287 g/mol. The average Bonchev–Trinajstić information content (AvgIpc) is 2.67. The van der Waals surface area contributed by atoms with Crippen LogP contribution < -0.4 is 0 Å². The Labute approximate surface area is 107 Å².